The lowest BCUT2D eigenvalue weighted by molar-refractivity contribution is 0.102. The average Bonchev–Trinajstić information content (AvgIpc) is 2.48. The Hall–Kier alpha value is -2.23. The zero-order valence-electron chi connectivity index (χ0n) is 11.1. The Morgan fingerprint density at radius 1 is 1.20 bits per heavy atom. The molecule has 0 radical (unpaired) electrons. The number of carbonyl (C=O) groups excluding carboxylic acids is 1. The molecular weight excluding hydrogens is 270 g/mol. The van der Waals surface area contributed by atoms with Gasteiger partial charge in [0.05, 0.1) is 0 Å². The Labute approximate surface area is 120 Å². The smallest absolute Gasteiger partial charge is 0.212 e. The van der Waals surface area contributed by atoms with E-state index in [0.717, 1.165) is 10.5 Å². The first kappa shape index (κ1) is 14.2. The Kier molecular flexibility index (Phi) is 4.82. The van der Waals surface area contributed by atoms with Gasteiger partial charge in [-0.2, -0.15) is 0 Å². The molecule has 5 heteroatoms. The highest BCUT2D eigenvalue weighted by atomic mass is 32.2. The zero-order valence-corrected chi connectivity index (χ0v) is 11.9. The van der Waals surface area contributed by atoms with Crippen molar-refractivity contribution in [3.05, 3.63) is 70.6 Å². The van der Waals surface area contributed by atoms with Crippen LogP contribution in [0.25, 0.3) is 10.4 Å². The van der Waals surface area contributed by atoms with E-state index in [1.165, 1.54) is 0 Å². The van der Waals surface area contributed by atoms with Gasteiger partial charge >= 0.3 is 0 Å². The van der Waals surface area contributed by atoms with Crippen molar-refractivity contribution in [2.45, 2.75) is 4.90 Å². The van der Waals surface area contributed by atoms with Gasteiger partial charge in [0, 0.05) is 33.1 Å². The van der Waals surface area contributed by atoms with Crippen molar-refractivity contribution >= 4 is 22.4 Å². The van der Waals surface area contributed by atoms with Gasteiger partial charge in [-0.25, -0.2) is 0 Å². The van der Waals surface area contributed by atoms with Crippen molar-refractivity contribution in [2.75, 3.05) is 12.0 Å². The monoisotopic (exact) mass is 284 g/mol. The maximum Gasteiger partial charge on any atom is 0.212 e. The minimum absolute atomic E-state index is 0.130. The van der Waals surface area contributed by atoms with Crippen molar-refractivity contribution in [1.29, 1.82) is 0 Å². The van der Waals surface area contributed by atoms with E-state index in [0.29, 0.717) is 11.4 Å². The number of benzene rings is 2. The van der Waals surface area contributed by atoms with Crippen LogP contribution in [0.5, 0.6) is 0 Å². The summed E-state index contributed by atoms with van der Waals surface area (Å²) in [5, 5.41) is 3.59. The number of hydrogen-bond acceptors (Lipinski definition) is 2. The Bertz CT molecular complexity index is 651. The van der Waals surface area contributed by atoms with E-state index in [9.17, 15) is 4.79 Å². The first-order chi connectivity index (χ1) is 9.70. The number of azide groups is 1. The van der Waals surface area contributed by atoms with Crippen molar-refractivity contribution in [3.8, 4) is 0 Å². The lowest BCUT2D eigenvalue weighted by Gasteiger charge is -2.03. The molecule has 0 N–H and O–H groups in total. The first-order valence-electron chi connectivity index (χ1n) is 6.06. The van der Waals surface area contributed by atoms with Crippen molar-refractivity contribution in [2.24, 2.45) is 5.11 Å². The van der Waals surface area contributed by atoms with E-state index in [4.69, 9.17) is 5.53 Å². The second kappa shape index (κ2) is 6.80. The minimum atomic E-state index is -0.211. The number of rotatable bonds is 5. The van der Waals surface area contributed by atoms with Gasteiger partial charge in [-0.1, -0.05) is 47.6 Å². The van der Waals surface area contributed by atoms with E-state index in [1.807, 2.05) is 54.8 Å². The predicted molar refractivity (Wildman–Crippen MR) is 82.4 cm³/mol. The summed E-state index contributed by atoms with van der Waals surface area (Å²) in [6.45, 7) is 0. The summed E-state index contributed by atoms with van der Waals surface area (Å²) in [4.78, 5) is 16.0. The maximum absolute atomic E-state index is 12.2. The highest BCUT2D eigenvalue weighted by Gasteiger charge is 2.21. The molecule has 100 valence electrons. The van der Waals surface area contributed by atoms with Gasteiger partial charge in [0.2, 0.25) is 5.78 Å². The quantitative estimate of drug-likeness (QED) is 0.268. The largest absolute Gasteiger partial charge is 0.289 e. The molecule has 2 aromatic rings. The summed E-state index contributed by atoms with van der Waals surface area (Å²) in [6.07, 6.45) is 2.02. The summed E-state index contributed by atoms with van der Waals surface area (Å²) in [5.41, 5.74) is 9.76. The van der Waals surface area contributed by atoms with E-state index < -0.39 is 0 Å². The molecule has 1 unspecified atom stereocenters. The Balaban J connectivity index is 2.12. The molecule has 4 nitrogen and oxygen atoms in total. The molecule has 20 heavy (non-hydrogen) atoms. The highest BCUT2D eigenvalue weighted by molar-refractivity contribution is 7.96. The molecule has 0 fully saturated rings. The van der Waals surface area contributed by atoms with Gasteiger partial charge in [0.1, 0.15) is 6.26 Å². The molecule has 0 bridgehead atoms. The van der Waals surface area contributed by atoms with Crippen LogP contribution in [-0.4, -0.2) is 17.8 Å². The van der Waals surface area contributed by atoms with Gasteiger partial charge in [-0.3, -0.25) is 4.79 Å². The van der Waals surface area contributed by atoms with Crippen LogP contribution in [0.2, 0.25) is 0 Å². The summed E-state index contributed by atoms with van der Waals surface area (Å²) in [5.74, 6) is 0.592. The van der Waals surface area contributed by atoms with Crippen LogP contribution < -0.4 is 0 Å². The Morgan fingerprint density at radius 2 is 1.95 bits per heavy atom. The van der Waals surface area contributed by atoms with Crippen molar-refractivity contribution < 1.29 is 4.79 Å². The molecule has 2 rings (SSSR count). The van der Waals surface area contributed by atoms with E-state index in [2.05, 4.69) is 10.0 Å². The van der Waals surface area contributed by atoms with Gasteiger partial charge in [-0.15, -0.1) is 0 Å². The molecule has 0 heterocycles. The third-order valence-corrected chi connectivity index (χ3v) is 4.58. The van der Waals surface area contributed by atoms with Crippen LogP contribution in [-0.2, 0) is 10.9 Å². The standard InChI is InChI=1S/C15H14N3OS/c1-20(11-15(19)12-6-3-2-4-7-12)14-9-5-8-13(10-14)17-18-16/h2-10H,11H2,1H3/q+1. The van der Waals surface area contributed by atoms with Gasteiger partial charge in [-0.05, 0) is 11.6 Å². The number of Topliss-reactive ketones (excluding diaryl/α,β-unsaturated/α-hetero) is 1. The van der Waals surface area contributed by atoms with Gasteiger partial charge < -0.3 is 0 Å². The predicted octanol–water partition coefficient (Wildman–Crippen LogP) is 4.12. The minimum Gasteiger partial charge on any atom is -0.289 e. The molecule has 0 saturated heterocycles. The lowest BCUT2D eigenvalue weighted by atomic mass is 10.2. The first-order valence-corrected chi connectivity index (χ1v) is 7.87. The molecule has 2 aromatic carbocycles. The molecule has 0 saturated carbocycles. The topological polar surface area (TPSA) is 65.8 Å². The van der Waals surface area contributed by atoms with Crippen molar-refractivity contribution in [1.82, 2.24) is 0 Å². The fraction of sp³-hybridized carbons (Fsp3) is 0.133. The van der Waals surface area contributed by atoms with E-state index >= 15 is 0 Å². The van der Waals surface area contributed by atoms with Crippen LogP contribution in [0, 0.1) is 0 Å². The van der Waals surface area contributed by atoms with Crippen LogP contribution in [0.3, 0.4) is 0 Å². The molecule has 0 amide bonds. The molecule has 0 aromatic heterocycles. The van der Waals surface area contributed by atoms with Crippen LogP contribution >= 0.6 is 0 Å². The molecular formula is C15H14N3OS+. The summed E-state index contributed by atoms with van der Waals surface area (Å²) < 4.78 is 0. The van der Waals surface area contributed by atoms with Crippen LogP contribution in [0.15, 0.2) is 64.6 Å². The second-order valence-corrected chi connectivity index (χ2v) is 6.29. The normalized spacial score (nSPS) is 11.4. The fourth-order valence-electron chi connectivity index (χ4n) is 1.80. The van der Waals surface area contributed by atoms with E-state index in [1.54, 1.807) is 6.07 Å². The highest BCUT2D eigenvalue weighted by Crippen LogP contribution is 2.20. The molecule has 0 aliphatic rings. The molecule has 0 aliphatic heterocycles. The van der Waals surface area contributed by atoms with Crippen LogP contribution in [0.1, 0.15) is 10.4 Å². The Morgan fingerprint density at radius 3 is 2.65 bits per heavy atom. The molecule has 1 atom stereocenters. The third-order valence-electron chi connectivity index (χ3n) is 2.82. The van der Waals surface area contributed by atoms with E-state index in [-0.39, 0.29) is 16.7 Å². The lowest BCUT2D eigenvalue weighted by Crippen LogP contribution is -2.15. The number of carbonyl (C=O) groups is 1. The zero-order chi connectivity index (χ0) is 14.4. The summed E-state index contributed by atoms with van der Waals surface area (Å²) in [6, 6.07) is 16.7. The fourth-order valence-corrected chi connectivity index (χ4v) is 3.16. The second-order valence-electron chi connectivity index (χ2n) is 4.26. The summed E-state index contributed by atoms with van der Waals surface area (Å²) >= 11 is 0. The SMILES string of the molecule is C[S+](CC(=O)c1ccccc1)c1cccc(N=[N+]=[N-])c1. The van der Waals surface area contributed by atoms with Crippen LogP contribution in [0.4, 0.5) is 5.69 Å². The number of ketones is 1. The summed E-state index contributed by atoms with van der Waals surface area (Å²) in [7, 11) is -0.211. The van der Waals surface area contributed by atoms with Gasteiger partial charge in [0.15, 0.2) is 10.6 Å². The number of hydrogen-bond donors (Lipinski definition) is 0. The van der Waals surface area contributed by atoms with Crippen molar-refractivity contribution in [3.63, 3.8) is 0 Å². The molecule has 0 spiro atoms. The van der Waals surface area contributed by atoms with Gasteiger partial charge in [0.25, 0.3) is 0 Å². The maximum atomic E-state index is 12.2. The average molecular weight is 284 g/mol. The number of nitrogens with zero attached hydrogens (tertiary/aromatic N) is 3. The molecule has 0 aliphatic carbocycles. The third kappa shape index (κ3) is 3.63.